The lowest BCUT2D eigenvalue weighted by molar-refractivity contribution is -0.0920. The number of hydrogen-bond donors (Lipinski definition) is 1. The first-order valence-corrected chi connectivity index (χ1v) is 9.92. The van der Waals surface area contributed by atoms with Gasteiger partial charge in [-0.05, 0) is 64.7 Å². The average molecular weight is 360 g/mol. The summed E-state index contributed by atoms with van der Waals surface area (Å²) in [6.45, 7) is 4.20. The Morgan fingerprint density at radius 2 is 2.08 bits per heavy atom. The largest absolute Gasteiger partial charge is 0.492 e. The minimum Gasteiger partial charge on any atom is -0.492 e. The highest BCUT2D eigenvalue weighted by atomic mass is 16.5. The minimum absolute atomic E-state index is 0.0937. The molecule has 0 aromatic heterocycles. The summed E-state index contributed by atoms with van der Waals surface area (Å²) >= 11 is 0. The highest BCUT2D eigenvalue weighted by Gasteiger charge is 2.49. The molecule has 1 fully saturated rings. The van der Waals surface area contributed by atoms with Crippen LogP contribution in [-0.4, -0.2) is 54.6 Å². The fourth-order valence-electron chi connectivity index (χ4n) is 3.67. The first kappa shape index (κ1) is 19.2. The third kappa shape index (κ3) is 3.89. The summed E-state index contributed by atoms with van der Waals surface area (Å²) in [5, 5.41) is 11.5. The number of unbranched alkanes of at least 4 members (excludes halogenated alkanes) is 1. The average Bonchev–Trinajstić information content (AvgIpc) is 3.41. The fourth-order valence-corrected chi connectivity index (χ4v) is 3.67. The van der Waals surface area contributed by atoms with Gasteiger partial charge in [0.05, 0.1) is 12.2 Å². The molecule has 0 radical (unpaired) electrons. The molecule has 0 saturated heterocycles. The maximum absolute atomic E-state index is 13.2. The first-order chi connectivity index (χ1) is 12.5. The second-order valence-corrected chi connectivity index (χ2v) is 7.97. The van der Waals surface area contributed by atoms with Crippen molar-refractivity contribution in [3.8, 4) is 5.75 Å². The molecule has 26 heavy (non-hydrogen) atoms. The van der Waals surface area contributed by atoms with Gasteiger partial charge >= 0.3 is 0 Å². The van der Waals surface area contributed by atoms with E-state index < -0.39 is 5.72 Å². The lowest BCUT2D eigenvalue weighted by Gasteiger charge is -2.34. The van der Waals surface area contributed by atoms with E-state index in [1.54, 1.807) is 4.90 Å². The standard InChI is InChI=1S/C21H32N2O3/c1-4-5-12-21(25)17-8-6-9-18(26-15-16-10-11-16)19(17)20(24)23(21)14-7-13-22(2)3/h6,8-9,16,25H,4-5,7,10-15H2,1-3H3. The molecule has 144 valence electrons. The van der Waals surface area contributed by atoms with Gasteiger partial charge in [0.1, 0.15) is 5.75 Å². The van der Waals surface area contributed by atoms with E-state index >= 15 is 0 Å². The molecule has 1 unspecified atom stereocenters. The minimum atomic E-state index is -1.21. The van der Waals surface area contributed by atoms with Crippen LogP contribution in [0.1, 0.15) is 61.4 Å². The molecule has 1 aliphatic heterocycles. The zero-order valence-electron chi connectivity index (χ0n) is 16.3. The van der Waals surface area contributed by atoms with Gasteiger partial charge in [0.15, 0.2) is 5.72 Å². The maximum atomic E-state index is 13.2. The molecule has 1 aromatic rings. The quantitative estimate of drug-likeness (QED) is 0.696. The van der Waals surface area contributed by atoms with Crippen LogP contribution in [0.15, 0.2) is 18.2 Å². The molecule has 1 saturated carbocycles. The van der Waals surface area contributed by atoms with Gasteiger partial charge in [0.2, 0.25) is 0 Å². The van der Waals surface area contributed by atoms with Crippen molar-refractivity contribution in [2.45, 2.75) is 51.2 Å². The molecule has 2 aliphatic rings. The topological polar surface area (TPSA) is 53.0 Å². The smallest absolute Gasteiger partial charge is 0.260 e. The van der Waals surface area contributed by atoms with Crippen molar-refractivity contribution >= 4 is 5.91 Å². The van der Waals surface area contributed by atoms with Crippen molar-refractivity contribution in [2.24, 2.45) is 5.92 Å². The fraction of sp³-hybridized carbons (Fsp3) is 0.667. The summed E-state index contributed by atoms with van der Waals surface area (Å²) in [7, 11) is 4.04. The Morgan fingerprint density at radius 3 is 2.73 bits per heavy atom. The number of nitrogens with zero attached hydrogens (tertiary/aromatic N) is 2. The second kappa shape index (κ2) is 7.97. The number of fused-ring (bicyclic) bond motifs is 1. The molecule has 3 rings (SSSR count). The SMILES string of the molecule is CCCCC1(O)c2cccc(OCC3CC3)c2C(=O)N1CCCN(C)C. The van der Waals surface area contributed by atoms with Crippen molar-refractivity contribution in [1.29, 1.82) is 0 Å². The van der Waals surface area contributed by atoms with Gasteiger partial charge in [-0.15, -0.1) is 0 Å². The summed E-state index contributed by atoms with van der Waals surface area (Å²) < 4.78 is 5.97. The Labute approximate surface area is 156 Å². The lowest BCUT2D eigenvalue weighted by Crippen LogP contribution is -2.44. The van der Waals surface area contributed by atoms with Crippen LogP contribution >= 0.6 is 0 Å². The van der Waals surface area contributed by atoms with Crippen LogP contribution in [-0.2, 0) is 5.72 Å². The van der Waals surface area contributed by atoms with E-state index in [2.05, 4.69) is 11.8 Å². The molecular weight excluding hydrogens is 328 g/mol. The highest BCUT2D eigenvalue weighted by molar-refractivity contribution is 6.02. The molecule has 1 aliphatic carbocycles. The Morgan fingerprint density at radius 1 is 1.31 bits per heavy atom. The number of aliphatic hydroxyl groups is 1. The predicted molar refractivity (Wildman–Crippen MR) is 102 cm³/mol. The van der Waals surface area contributed by atoms with Crippen molar-refractivity contribution in [3.63, 3.8) is 0 Å². The Balaban J connectivity index is 1.87. The van der Waals surface area contributed by atoms with Crippen molar-refractivity contribution in [2.75, 3.05) is 33.8 Å². The number of carbonyl (C=O) groups excluding carboxylic acids is 1. The number of benzene rings is 1. The number of hydrogen-bond acceptors (Lipinski definition) is 4. The van der Waals surface area contributed by atoms with E-state index in [0.29, 0.717) is 42.4 Å². The normalized spacial score (nSPS) is 22.2. The van der Waals surface area contributed by atoms with Gasteiger partial charge < -0.3 is 19.6 Å². The van der Waals surface area contributed by atoms with Crippen molar-refractivity contribution < 1.29 is 14.6 Å². The third-order valence-corrected chi connectivity index (χ3v) is 5.40. The summed E-state index contributed by atoms with van der Waals surface area (Å²) in [6.07, 6.45) is 5.67. The number of carbonyl (C=O) groups is 1. The first-order valence-electron chi connectivity index (χ1n) is 9.92. The van der Waals surface area contributed by atoms with Crippen LogP contribution in [0.3, 0.4) is 0 Å². The van der Waals surface area contributed by atoms with Gasteiger partial charge in [-0.1, -0.05) is 25.5 Å². The second-order valence-electron chi connectivity index (χ2n) is 7.97. The molecule has 1 N–H and O–H groups in total. The van der Waals surface area contributed by atoms with Crippen molar-refractivity contribution in [1.82, 2.24) is 9.80 Å². The zero-order chi connectivity index (χ0) is 18.7. The van der Waals surface area contributed by atoms with Crippen LogP contribution in [0.2, 0.25) is 0 Å². The Hall–Kier alpha value is -1.59. The highest BCUT2D eigenvalue weighted by Crippen LogP contribution is 2.44. The summed E-state index contributed by atoms with van der Waals surface area (Å²) in [6, 6.07) is 5.65. The molecule has 1 amide bonds. The van der Waals surface area contributed by atoms with Gasteiger partial charge in [-0.25, -0.2) is 0 Å². The molecule has 1 aromatic carbocycles. The van der Waals surface area contributed by atoms with Gasteiger partial charge in [0, 0.05) is 12.1 Å². The van der Waals surface area contributed by atoms with Gasteiger partial charge in [0.25, 0.3) is 5.91 Å². The van der Waals surface area contributed by atoms with Crippen LogP contribution in [0.5, 0.6) is 5.75 Å². The van der Waals surface area contributed by atoms with Crippen LogP contribution in [0, 0.1) is 5.92 Å². The van der Waals surface area contributed by atoms with E-state index in [9.17, 15) is 9.90 Å². The molecular formula is C21H32N2O3. The predicted octanol–water partition coefficient (Wildman–Crippen LogP) is 3.22. The molecule has 5 nitrogen and oxygen atoms in total. The van der Waals surface area contributed by atoms with Gasteiger partial charge in [-0.2, -0.15) is 0 Å². The zero-order valence-corrected chi connectivity index (χ0v) is 16.3. The van der Waals surface area contributed by atoms with E-state index in [1.807, 2.05) is 32.3 Å². The lowest BCUT2D eigenvalue weighted by atomic mass is 9.95. The number of ether oxygens (including phenoxy) is 1. The molecule has 0 spiro atoms. The summed E-state index contributed by atoms with van der Waals surface area (Å²) in [5.74, 6) is 1.16. The van der Waals surface area contributed by atoms with Gasteiger partial charge in [-0.3, -0.25) is 4.79 Å². The Bertz CT molecular complexity index is 642. The van der Waals surface area contributed by atoms with E-state index in [1.165, 1.54) is 12.8 Å². The molecule has 1 atom stereocenters. The molecule has 0 bridgehead atoms. The van der Waals surface area contributed by atoms with E-state index in [-0.39, 0.29) is 5.91 Å². The Kier molecular flexibility index (Phi) is 5.88. The van der Waals surface area contributed by atoms with Crippen molar-refractivity contribution in [3.05, 3.63) is 29.3 Å². The van der Waals surface area contributed by atoms with Crippen LogP contribution < -0.4 is 4.74 Å². The summed E-state index contributed by atoms with van der Waals surface area (Å²) in [5.41, 5.74) is 0.0685. The maximum Gasteiger partial charge on any atom is 0.260 e. The number of rotatable bonds is 10. The van der Waals surface area contributed by atoms with Crippen LogP contribution in [0.25, 0.3) is 0 Å². The number of amides is 1. The third-order valence-electron chi connectivity index (χ3n) is 5.40. The molecule has 1 heterocycles. The summed E-state index contributed by atoms with van der Waals surface area (Å²) in [4.78, 5) is 17.0. The van der Waals surface area contributed by atoms with E-state index in [0.717, 1.165) is 25.8 Å². The monoisotopic (exact) mass is 360 g/mol. The molecule has 5 heteroatoms. The van der Waals surface area contributed by atoms with Crippen LogP contribution in [0.4, 0.5) is 0 Å². The van der Waals surface area contributed by atoms with E-state index in [4.69, 9.17) is 4.74 Å².